The Kier molecular flexibility index (Phi) is 59.6. The number of esters is 4. The first-order valence-corrected chi connectivity index (χ1v) is 39.3. The van der Waals surface area contributed by atoms with E-state index in [-0.39, 0.29) is 25.7 Å². The zero-order valence-electron chi connectivity index (χ0n) is 57.9. The Bertz CT molecular complexity index is 1750. The van der Waals surface area contributed by atoms with E-state index in [0.717, 1.165) is 102 Å². The molecular weight excluding hydrogens is 1170 g/mol. The summed E-state index contributed by atoms with van der Waals surface area (Å²) in [6.45, 7) is 11.8. The third-order valence-electron chi connectivity index (χ3n) is 16.1. The van der Waals surface area contributed by atoms with Crippen LogP contribution in [0.15, 0.2) is 0 Å². The molecule has 5 atom stereocenters. The number of unbranched alkanes of at least 4 members (excludes halogenated alkanes) is 36. The zero-order valence-corrected chi connectivity index (χ0v) is 59.7. The van der Waals surface area contributed by atoms with Crippen molar-refractivity contribution in [1.29, 1.82) is 0 Å². The molecule has 0 bridgehead atoms. The third-order valence-corrected chi connectivity index (χ3v) is 18.0. The number of hydrogen-bond acceptors (Lipinski definition) is 15. The Labute approximate surface area is 543 Å². The van der Waals surface area contributed by atoms with E-state index >= 15 is 0 Å². The van der Waals surface area contributed by atoms with Crippen molar-refractivity contribution in [2.45, 2.75) is 369 Å². The van der Waals surface area contributed by atoms with Crippen LogP contribution in [0.1, 0.15) is 350 Å². The van der Waals surface area contributed by atoms with Gasteiger partial charge in [-0.25, -0.2) is 9.13 Å². The number of phosphoric ester groups is 2. The first-order chi connectivity index (χ1) is 42.7. The summed E-state index contributed by atoms with van der Waals surface area (Å²) in [5.74, 6) is 0.104. The van der Waals surface area contributed by atoms with Crippen LogP contribution in [-0.4, -0.2) is 96.7 Å². The molecule has 89 heavy (non-hydrogen) atoms. The van der Waals surface area contributed by atoms with Crippen LogP contribution in [0.4, 0.5) is 0 Å². The van der Waals surface area contributed by atoms with E-state index in [4.69, 9.17) is 37.0 Å². The van der Waals surface area contributed by atoms with Crippen LogP contribution in [0.2, 0.25) is 0 Å². The molecule has 0 fully saturated rings. The Morgan fingerprint density at radius 1 is 0.303 bits per heavy atom. The fourth-order valence-electron chi connectivity index (χ4n) is 10.5. The summed E-state index contributed by atoms with van der Waals surface area (Å²) >= 11 is 0. The summed E-state index contributed by atoms with van der Waals surface area (Å²) in [5.41, 5.74) is 0. The summed E-state index contributed by atoms with van der Waals surface area (Å²) in [7, 11) is -9.90. The Morgan fingerprint density at radius 2 is 0.517 bits per heavy atom. The van der Waals surface area contributed by atoms with Crippen LogP contribution in [0.3, 0.4) is 0 Å². The summed E-state index contributed by atoms with van der Waals surface area (Å²) in [4.78, 5) is 72.4. The molecule has 0 aromatic carbocycles. The Balaban J connectivity index is 5.22. The highest BCUT2D eigenvalue weighted by molar-refractivity contribution is 7.47. The fraction of sp³-hybridized carbons (Fsp3) is 0.943. The number of rotatable bonds is 68. The normalized spacial score (nSPS) is 14.2. The molecule has 0 amide bonds. The minimum atomic E-state index is -4.95. The predicted molar refractivity (Wildman–Crippen MR) is 358 cm³/mol. The second kappa shape index (κ2) is 61.0. The van der Waals surface area contributed by atoms with Crippen molar-refractivity contribution in [3.63, 3.8) is 0 Å². The minimum absolute atomic E-state index is 0.102. The van der Waals surface area contributed by atoms with E-state index in [2.05, 4.69) is 48.5 Å². The molecule has 0 radical (unpaired) electrons. The van der Waals surface area contributed by atoms with Gasteiger partial charge in [-0.2, -0.15) is 0 Å². The molecule has 0 aromatic rings. The van der Waals surface area contributed by atoms with Crippen LogP contribution in [0.25, 0.3) is 0 Å². The lowest BCUT2D eigenvalue weighted by atomic mass is 10.0. The van der Waals surface area contributed by atoms with Crippen molar-refractivity contribution in [3.05, 3.63) is 0 Å². The van der Waals surface area contributed by atoms with Gasteiger partial charge in [-0.1, -0.05) is 299 Å². The molecule has 0 rings (SSSR count). The number of carbonyl (C=O) groups is 4. The number of hydrogen-bond donors (Lipinski definition) is 3. The average molecular weight is 1310 g/mol. The molecule has 0 aliphatic carbocycles. The van der Waals surface area contributed by atoms with E-state index in [1.165, 1.54) is 161 Å². The SMILES string of the molecule is CCCCCCCCCCCC(=O)OC[C@H](COP(=O)(O)OC[C@H](O)COP(=O)(O)OC[C@@H](COC(=O)CCCCCCCCCCCCCC(C)C)OC(=O)CCCCCCCCCCCCCCCCC(C)C)OC(=O)CCCCCCCCC(C)C. The molecule has 0 saturated carbocycles. The van der Waals surface area contributed by atoms with Crippen LogP contribution >= 0.6 is 15.6 Å². The van der Waals surface area contributed by atoms with Gasteiger partial charge in [0.05, 0.1) is 26.4 Å². The lowest BCUT2D eigenvalue weighted by Crippen LogP contribution is -2.30. The molecule has 528 valence electrons. The Hall–Kier alpha value is -1.94. The Morgan fingerprint density at radius 3 is 0.764 bits per heavy atom. The molecule has 0 saturated heterocycles. The number of aliphatic hydroxyl groups is 1. The maximum Gasteiger partial charge on any atom is 0.472 e. The second-order valence-electron chi connectivity index (χ2n) is 26.7. The van der Waals surface area contributed by atoms with Crippen molar-refractivity contribution in [2.75, 3.05) is 39.6 Å². The third kappa shape index (κ3) is 64.6. The molecule has 0 aliphatic heterocycles. The van der Waals surface area contributed by atoms with Gasteiger partial charge in [0.25, 0.3) is 0 Å². The maximum atomic E-state index is 13.0. The topological polar surface area (TPSA) is 237 Å². The lowest BCUT2D eigenvalue weighted by molar-refractivity contribution is -0.161. The first-order valence-electron chi connectivity index (χ1n) is 36.3. The standard InChI is InChI=1S/C70H136O17P2/c1-8-9-10-11-12-22-29-37-44-51-67(72)80-58-66(87-70(75)54-47-40-33-32-36-43-50-63(6)7)60-85-89(78,79)83-56-64(71)55-82-88(76,77)84-59-65(57-81-68(73)52-45-38-30-25-21-17-19-24-28-35-42-49-62(4)5)86-69(74)53-46-39-31-26-20-16-14-13-15-18-23-27-34-41-48-61(2)3/h61-66,71H,8-60H2,1-7H3,(H,76,77)(H,78,79)/t64-,65-,66-/m1/s1. The van der Waals surface area contributed by atoms with Crippen LogP contribution < -0.4 is 0 Å². The van der Waals surface area contributed by atoms with Gasteiger partial charge in [-0.15, -0.1) is 0 Å². The van der Waals surface area contributed by atoms with Crippen molar-refractivity contribution in [1.82, 2.24) is 0 Å². The number of ether oxygens (including phenoxy) is 4. The van der Waals surface area contributed by atoms with Gasteiger partial charge in [0.15, 0.2) is 12.2 Å². The summed E-state index contributed by atoms with van der Waals surface area (Å²) in [5, 5.41) is 10.6. The van der Waals surface area contributed by atoms with Crippen molar-refractivity contribution >= 4 is 39.5 Å². The number of aliphatic hydroxyl groups excluding tert-OH is 1. The smallest absolute Gasteiger partial charge is 0.462 e. The zero-order chi connectivity index (χ0) is 65.9. The van der Waals surface area contributed by atoms with Gasteiger partial charge in [0.1, 0.15) is 19.3 Å². The first kappa shape index (κ1) is 87.1. The van der Waals surface area contributed by atoms with Gasteiger partial charge in [0, 0.05) is 25.7 Å². The molecule has 17 nitrogen and oxygen atoms in total. The molecule has 0 aliphatic rings. The van der Waals surface area contributed by atoms with E-state index in [0.29, 0.717) is 31.6 Å². The minimum Gasteiger partial charge on any atom is -0.462 e. The molecule has 2 unspecified atom stereocenters. The highest BCUT2D eigenvalue weighted by Gasteiger charge is 2.30. The van der Waals surface area contributed by atoms with Gasteiger partial charge >= 0.3 is 39.5 Å². The number of phosphoric acid groups is 2. The molecule has 3 N–H and O–H groups in total. The molecule has 0 aromatic heterocycles. The van der Waals surface area contributed by atoms with E-state index < -0.39 is 97.5 Å². The largest absolute Gasteiger partial charge is 0.472 e. The lowest BCUT2D eigenvalue weighted by Gasteiger charge is -2.21. The highest BCUT2D eigenvalue weighted by atomic mass is 31.2. The van der Waals surface area contributed by atoms with Gasteiger partial charge in [0.2, 0.25) is 0 Å². The molecule has 0 heterocycles. The maximum absolute atomic E-state index is 13.0. The van der Waals surface area contributed by atoms with Crippen molar-refractivity contribution < 1.29 is 80.2 Å². The van der Waals surface area contributed by atoms with E-state index in [9.17, 15) is 43.2 Å². The van der Waals surface area contributed by atoms with Gasteiger partial charge < -0.3 is 33.8 Å². The summed E-state index contributed by atoms with van der Waals surface area (Å²) < 4.78 is 68.2. The van der Waals surface area contributed by atoms with Crippen molar-refractivity contribution in [3.8, 4) is 0 Å². The van der Waals surface area contributed by atoms with Crippen LogP contribution in [0, 0.1) is 17.8 Å². The summed E-state index contributed by atoms with van der Waals surface area (Å²) in [6, 6.07) is 0. The predicted octanol–water partition coefficient (Wildman–Crippen LogP) is 19.8. The van der Waals surface area contributed by atoms with Gasteiger partial charge in [-0.05, 0) is 43.4 Å². The summed E-state index contributed by atoms with van der Waals surface area (Å²) in [6.07, 6.45) is 44.6. The molecular formula is C70H136O17P2. The highest BCUT2D eigenvalue weighted by Crippen LogP contribution is 2.45. The van der Waals surface area contributed by atoms with Crippen LogP contribution in [0.5, 0.6) is 0 Å². The second-order valence-corrected chi connectivity index (χ2v) is 29.6. The molecule has 19 heteroatoms. The number of carbonyl (C=O) groups excluding carboxylic acids is 4. The van der Waals surface area contributed by atoms with Crippen LogP contribution in [-0.2, 0) is 65.4 Å². The van der Waals surface area contributed by atoms with E-state index in [1.807, 2.05) is 0 Å². The average Bonchev–Trinajstić information content (AvgIpc) is 3.70. The fourth-order valence-corrected chi connectivity index (χ4v) is 12.1. The molecule has 0 spiro atoms. The quantitative estimate of drug-likeness (QED) is 0.0222. The van der Waals surface area contributed by atoms with Gasteiger partial charge in [-0.3, -0.25) is 37.3 Å². The monoisotopic (exact) mass is 1310 g/mol. The van der Waals surface area contributed by atoms with Crippen molar-refractivity contribution in [2.24, 2.45) is 17.8 Å². The van der Waals surface area contributed by atoms with E-state index in [1.54, 1.807) is 0 Å².